The minimum atomic E-state index is -0.463. The molecule has 3 rings (SSSR count). The molecule has 0 bridgehead atoms. The van der Waals surface area contributed by atoms with Crippen molar-refractivity contribution in [3.63, 3.8) is 0 Å². The summed E-state index contributed by atoms with van der Waals surface area (Å²) < 4.78 is 6.32. The van der Waals surface area contributed by atoms with Crippen LogP contribution in [0.5, 0.6) is 0 Å². The van der Waals surface area contributed by atoms with E-state index in [1.807, 2.05) is 26.0 Å². The molecule has 0 saturated heterocycles. The molecule has 1 aromatic carbocycles. The minimum absolute atomic E-state index is 0.103. The molecule has 0 spiro atoms. The number of thiophene rings is 1. The van der Waals surface area contributed by atoms with Gasteiger partial charge in [-0.25, -0.2) is 9.78 Å². The lowest BCUT2D eigenvalue weighted by molar-refractivity contribution is 0.0531. The maximum absolute atomic E-state index is 12.9. The summed E-state index contributed by atoms with van der Waals surface area (Å²) in [5.74, 6) is -0.630. The quantitative estimate of drug-likeness (QED) is 0.497. The number of Topliss-reactive ketones (excluding diaryl/α,β-unsaturated/α-hetero) is 1. The highest BCUT2D eigenvalue weighted by molar-refractivity contribution is 7.20. The maximum Gasteiger partial charge on any atom is 0.348 e. The highest BCUT2D eigenvalue weighted by Crippen LogP contribution is 2.27. The topological polar surface area (TPSA) is 78.3 Å². The number of hydrogen-bond acceptors (Lipinski definition) is 6. The van der Waals surface area contributed by atoms with Gasteiger partial charge in [-0.2, -0.15) is 0 Å². The number of aryl methyl sites for hydroxylation is 3. The van der Waals surface area contributed by atoms with E-state index in [1.54, 1.807) is 19.9 Å². The number of fused-ring (bicyclic) bond motifs is 1. The van der Waals surface area contributed by atoms with Crippen LogP contribution in [-0.2, 0) is 11.3 Å². The van der Waals surface area contributed by atoms with E-state index in [2.05, 4.69) is 4.98 Å². The Morgan fingerprint density at radius 1 is 1.19 bits per heavy atom. The van der Waals surface area contributed by atoms with Gasteiger partial charge in [-0.15, -0.1) is 11.3 Å². The minimum Gasteiger partial charge on any atom is -0.462 e. The molecule has 0 N–H and O–H groups in total. The molecule has 7 heteroatoms. The van der Waals surface area contributed by atoms with E-state index < -0.39 is 5.97 Å². The zero-order valence-corrected chi connectivity index (χ0v) is 16.5. The third-order valence-electron chi connectivity index (χ3n) is 4.52. The van der Waals surface area contributed by atoms with Gasteiger partial charge in [0.15, 0.2) is 5.78 Å². The molecule has 140 valence electrons. The normalized spacial score (nSPS) is 11.0. The summed E-state index contributed by atoms with van der Waals surface area (Å²) in [6.45, 7) is 7.50. The number of hydrogen-bond donors (Lipinski definition) is 0. The number of rotatable bonds is 5. The van der Waals surface area contributed by atoms with Crippen LogP contribution in [0.15, 0.2) is 29.3 Å². The number of carbonyl (C=O) groups excluding carboxylic acids is 2. The SMILES string of the molecule is CCOC(=O)c1sc2ncn(CC(=O)c3ccc(C)c(C)c3)c(=O)c2c1C. The highest BCUT2D eigenvalue weighted by atomic mass is 32.1. The lowest BCUT2D eigenvalue weighted by atomic mass is 10.0. The lowest BCUT2D eigenvalue weighted by Crippen LogP contribution is -2.24. The van der Waals surface area contributed by atoms with Crippen LogP contribution in [0.2, 0.25) is 0 Å². The summed E-state index contributed by atoms with van der Waals surface area (Å²) in [5, 5.41) is 0.360. The van der Waals surface area contributed by atoms with Crippen molar-refractivity contribution in [2.24, 2.45) is 0 Å². The Morgan fingerprint density at radius 2 is 1.93 bits per heavy atom. The summed E-state index contributed by atoms with van der Waals surface area (Å²) >= 11 is 1.13. The van der Waals surface area contributed by atoms with Crippen molar-refractivity contribution in [3.05, 3.63) is 62.0 Å². The van der Waals surface area contributed by atoms with Gasteiger partial charge in [0.05, 0.1) is 24.9 Å². The van der Waals surface area contributed by atoms with Crippen molar-refractivity contribution in [2.75, 3.05) is 6.61 Å². The second-order valence-electron chi connectivity index (χ2n) is 6.36. The first kappa shape index (κ1) is 19.0. The molecule has 0 aliphatic rings. The van der Waals surface area contributed by atoms with Gasteiger partial charge in [-0.1, -0.05) is 12.1 Å². The fourth-order valence-corrected chi connectivity index (χ4v) is 3.86. The summed E-state index contributed by atoms with van der Waals surface area (Å²) in [7, 11) is 0. The second-order valence-corrected chi connectivity index (χ2v) is 7.36. The van der Waals surface area contributed by atoms with Crippen molar-refractivity contribution < 1.29 is 14.3 Å². The highest BCUT2D eigenvalue weighted by Gasteiger charge is 2.21. The fraction of sp³-hybridized carbons (Fsp3) is 0.300. The smallest absolute Gasteiger partial charge is 0.348 e. The molecule has 6 nitrogen and oxygen atoms in total. The first-order valence-electron chi connectivity index (χ1n) is 8.59. The lowest BCUT2D eigenvalue weighted by Gasteiger charge is -2.07. The van der Waals surface area contributed by atoms with Crippen LogP contribution in [0, 0.1) is 20.8 Å². The van der Waals surface area contributed by atoms with Crippen LogP contribution in [0.25, 0.3) is 10.2 Å². The van der Waals surface area contributed by atoms with E-state index in [9.17, 15) is 14.4 Å². The molecule has 0 radical (unpaired) electrons. The number of carbonyl (C=O) groups is 2. The molecule has 0 atom stereocenters. The van der Waals surface area contributed by atoms with E-state index in [0.29, 0.717) is 26.2 Å². The monoisotopic (exact) mass is 384 g/mol. The number of ketones is 1. The van der Waals surface area contributed by atoms with E-state index in [-0.39, 0.29) is 24.5 Å². The van der Waals surface area contributed by atoms with Crippen molar-refractivity contribution in [1.82, 2.24) is 9.55 Å². The molecule has 0 saturated carbocycles. The Hall–Kier alpha value is -2.80. The van der Waals surface area contributed by atoms with E-state index in [4.69, 9.17) is 4.74 Å². The number of aromatic nitrogens is 2. The Balaban J connectivity index is 1.98. The predicted molar refractivity (Wildman–Crippen MR) is 105 cm³/mol. The standard InChI is InChI=1S/C20H20N2O4S/c1-5-26-20(25)17-13(4)16-18(27-17)21-10-22(19(16)24)9-15(23)14-7-6-11(2)12(3)8-14/h6-8,10H,5,9H2,1-4H3. The van der Waals surface area contributed by atoms with Crippen molar-refractivity contribution in [1.29, 1.82) is 0 Å². The van der Waals surface area contributed by atoms with Gasteiger partial charge in [0, 0.05) is 5.56 Å². The number of ether oxygens (including phenoxy) is 1. The molecule has 2 aromatic heterocycles. The Kier molecular flexibility index (Phi) is 5.23. The third-order valence-corrected chi connectivity index (χ3v) is 5.70. The predicted octanol–water partition coefficient (Wildman–Crippen LogP) is 3.44. The average Bonchev–Trinajstić information content (AvgIpc) is 2.97. The molecule has 0 amide bonds. The van der Waals surface area contributed by atoms with Crippen molar-refractivity contribution in [3.8, 4) is 0 Å². The van der Waals surface area contributed by atoms with Crippen molar-refractivity contribution in [2.45, 2.75) is 34.2 Å². The van der Waals surface area contributed by atoms with Crippen LogP contribution in [0.4, 0.5) is 0 Å². The van der Waals surface area contributed by atoms with Gasteiger partial charge >= 0.3 is 5.97 Å². The van der Waals surface area contributed by atoms with E-state index in [1.165, 1.54) is 10.9 Å². The molecule has 3 aromatic rings. The Labute approximate surface area is 160 Å². The second kappa shape index (κ2) is 7.44. The Morgan fingerprint density at radius 3 is 2.59 bits per heavy atom. The average molecular weight is 384 g/mol. The molecule has 2 heterocycles. The van der Waals surface area contributed by atoms with Gasteiger partial charge in [0.2, 0.25) is 0 Å². The molecule has 0 aliphatic carbocycles. The zero-order valence-electron chi connectivity index (χ0n) is 15.7. The van der Waals surface area contributed by atoms with Crippen LogP contribution in [-0.4, -0.2) is 27.9 Å². The van der Waals surface area contributed by atoms with Crippen LogP contribution < -0.4 is 5.56 Å². The summed E-state index contributed by atoms with van der Waals surface area (Å²) in [5.41, 5.74) is 2.89. The molecular weight excluding hydrogens is 364 g/mol. The van der Waals surface area contributed by atoms with Crippen LogP contribution in [0.3, 0.4) is 0 Å². The number of esters is 1. The summed E-state index contributed by atoms with van der Waals surface area (Å²) in [6.07, 6.45) is 1.36. The van der Waals surface area contributed by atoms with Gasteiger partial charge in [-0.05, 0) is 50.5 Å². The van der Waals surface area contributed by atoms with E-state index in [0.717, 1.165) is 22.5 Å². The molecule has 0 fully saturated rings. The summed E-state index contributed by atoms with van der Waals surface area (Å²) in [6, 6.07) is 5.47. The van der Waals surface area contributed by atoms with E-state index >= 15 is 0 Å². The molecule has 27 heavy (non-hydrogen) atoms. The van der Waals surface area contributed by atoms with Gasteiger partial charge < -0.3 is 4.74 Å². The first-order valence-corrected chi connectivity index (χ1v) is 9.41. The maximum atomic E-state index is 12.9. The molecule has 0 unspecified atom stereocenters. The van der Waals surface area contributed by atoms with Gasteiger partial charge in [-0.3, -0.25) is 14.2 Å². The van der Waals surface area contributed by atoms with Gasteiger partial charge in [0.25, 0.3) is 5.56 Å². The van der Waals surface area contributed by atoms with Crippen LogP contribution >= 0.6 is 11.3 Å². The summed E-state index contributed by atoms with van der Waals surface area (Å²) in [4.78, 5) is 42.6. The Bertz CT molecular complexity index is 1110. The van der Waals surface area contributed by atoms with Crippen LogP contribution in [0.1, 0.15) is 43.6 Å². The number of nitrogens with zero attached hydrogens (tertiary/aromatic N) is 2. The van der Waals surface area contributed by atoms with Gasteiger partial charge in [0.1, 0.15) is 9.71 Å². The zero-order chi connectivity index (χ0) is 19.7. The third kappa shape index (κ3) is 3.55. The number of benzene rings is 1. The molecule has 0 aliphatic heterocycles. The molecular formula is C20H20N2O4S. The fourth-order valence-electron chi connectivity index (χ4n) is 2.82. The largest absolute Gasteiger partial charge is 0.462 e. The first-order chi connectivity index (χ1) is 12.8. The van der Waals surface area contributed by atoms with Crippen molar-refractivity contribution >= 4 is 33.3 Å².